The Morgan fingerprint density at radius 2 is 1.92 bits per heavy atom. The molecule has 1 aliphatic rings. The third-order valence-electron chi connectivity index (χ3n) is 4.34. The maximum atomic E-state index is 12.5. The topological polar surface area (TPSA) is 49.4 Å². The summed E-state index contributed by atoms with van der Waals surface area (Å²) in [5.74, 6) is -0.175. The van der Waals surface area contributed by atoms with Gasteiger partial charge in [-0.3, -0.25) is 9.59 Å². The molecule has 24 heavy (non-hydrogen) atoms. The van der Waals surface area contributed by atoms with E-state index in [1.165, 1.54) is 5.56 Å². The Bertz CT molecular complexity index is 817. The van der Waals surface area contributed by atoms with Crippen LogP contribution in [0.3, 0.4) is 0 Å². The molecule has 0 bridgehead atoms. The number of rotatable bonds is 3. The molecule has 4 nitrogen and oxygen atoms in total. The van der Waals surface area contributed by atoms with Crippen molar-refractivity contribution >= 4 is 34.8 Å². The van der Waals surface area contributed by atoms with Gasteiger partial charge in [-0.1, -0.05) is 17.7 Å². The van der Waals surface area contributed by atoms with E-state index in [9.17, 15) is 9.59 Å². The normalized spacial score (nSPS) is 14.1. The van der Waals surface area contributed by atoms with Gasteiger partial charge in [-0.2, -0.15) is 0 Å². The minimum atomic E-state index is -0.220. The van der Waals surface area contributed by atoms with Crippen LogP contribution in [0.25, 0.3) is 0 Å². The van der Waals surface area contributed by atoms with Crippen molar-refractivity contribution in [2.24, 2.45) is 0 Å². The average Bonchev–Trinajstić information content (AvgIpc) is 2.97. The summed E-state index contributed by atoms with van der Waals surface area (Å²) in [4.78, 5) is 26.1. The number of amides is 2. The third-order valence-corrected chi connectivity index (χ3v) is 4.66. The first-order valence-electron chi connectivity index (χ1n) is 7.94. The number of carbonyl (C=O) groups is 2. The lowest BCUT2D eigenvalue weighted by Crippen LogP contribution is -2.24. The molecule has 0 aromatic heterocycles. The van der Waals surface area contributed by atoms with Gasteiger partial charge in [0.25, 0.3) is 5.91 Å². The molecule has 0 atom stereocenters. The summed E-state index contributed by atoms with van der Waals surface area (Å²) < 4.78 is 0. The number of nitrogens with one attached hydrogen (secondary N) is 1. The zero-order chi connectivity index (χ0) is 17.3. The molecule has 1 N–H and O–H groups in total. The summed E-state index contributed by atoms with van der Waals surface area (Å²) in [6.07, 6.45) is 1.34. The molecule has 1 saturated heterocycles. The summed E-state index contributed by atoms with van der Waals surface area (Å²) in [6.45, 7) is 4.67. The number of benzene rings is 2. The maximum absolute atomic E-state index is 12.5. The van der Waals surface area contributed by atoms with Crippen LogP contribution in [0.4, 0.5) is 11.4 Å². The molecular formula is C19H19ClN2O2. The highest BCUT2D eigenvalue weighted by molar-refractivity contribution is 6.34. The molecule has 0 unspecified atom stereocenters. The first-order chi connectivity index (χ1) is 11.5. The fraction of sp³-hybridized carbons (Fsp3) is 0.263. The van der Waals surface area contributed by atoms with Gasteiger partial charge in [-0.05, 0) is 61.7 Å². The predicted octanol–water partition coefficient (Wildman–Crippen LogP) is 4.34. The predicted molar refractivity (Wildman–Crippen MR) is 96.9 cm³/mol. The molecule has 0 radical (unpaired) electrons. The van der Waals surface area contributed by atoms with Gasteiger partial charge < -0.3 is 10.2 Å². The molecule has 0 aliphatic carbocycles. The molecule has 2 aromatic rings. The van der Waals surface area contributed by atoms with E-state index in [-0.39, 0.29) is 11.8 Å². The number of nitrogens with zero attached hydrogens (tertiary/aromatic N) is 1. The fourth-order valence-electron chi connectivity index (χ4n) is 2.79. The Hall–Kier alpha value is -2.33. The second-order valence-electron chi connectivity index (χ2n) is 6.07. The first-order valence-corrected chi connectivity index (χ1v) is 8.32. The van der Waals surface area contributed by atoms with Crippen molar-refractivity contribution in [1.82, 2.24) is 0 Å². The van der Waals surface area contributed by atoms with E-state index in [2.05, 4.69) is 5.32 Å². The lowest BCUT2D eigenvalue weighted by atomic mass is 10.1. The van der Waals surface area contributed by atoms with Gasteiger partial charge in [-0.25, -0.2) is 0 Å². The standard InChI is InChI=1S/C19H19ClN2O2/c1-12-5-7-15(10-13(12)2)21-19(24)14-6-8-16(20)17(11-14)22-9-3-4-18(22)23/h5-8,10-11H,3-4,9H2,1-2H3,(H,21,24). The summed E-state index contributed by atoms with van der Waals surface area (Å²) in [5, 5.41) is 3.37. The monoisotopic (exact) mass is 342 g/mol. The molecule has 1 fully saturated rings. The third kappa shape index (κ3) is 3.29. The van der Waals surface area contributed by atoms with E-state index >= 15 is 0 Å². The van der Waals surface area contributed by atoms with Crippen LogP contribution in [0.2, 0.25) is 5.02 Å². The second kappa shape index (κ2) is 6.65. The fourth-order valence-corrected chi connectivity index (χ4v) is 3.01. The SMILES string of the molecule is Cc1ccc(NC(=O)c2ccc(Cl)c(N3CCCC3=O)c2)cc1C. The van der Waals surface area contributed by atoms with Gasteiger partial charge in [-0.15, -0.1) is 0 Å². The molecule has 124 valence electrons. The highest BCUT2D eigenvalue weighted by atomic mass is 35.5. The Kier molecular flexibility index (Phi) is 4.58. The quantitative estimate of drug-likeness (QED) is 0.902. The number of halogens is 1. The van der Waals surface area contributed by atoms with E-state index in [0.717, 1.165) is 17.7 Å². The van der Waals surface area contributed by atoms with E-state index in [4.69, 9.17) is 11.6 Å². The van der Waals surface area contributed by atoms with Crippen molar-refractivity contribution < 1.29 is 9.59 Å². The second-order valence-corrected chi connectivity index (χ2v) is 6.48. The van der Waals surface area contributed by atoms with Crippen molar-refractivity contribution in [3.8, 4) is 0 Å². The highest BCUT2D eigenvalue weighted by Gasteiger charge is 2.24. The summed E-state index contributed by atoms with van der Waals surface area (Å²) >= 11 is 6.22. The van der Waals surface area contributed by atoms with Gasteiger partial charge in [0.2, 0.25) is 5.91 Å². The molecule has 0 saturated carbocycles. The zero-order valence-electron chi connectivity index (χ0n) is 13.7. The van der Waals surface area contributed by atoms with Crippen LogP contribution >= 0.6 is 11.6 Å². The molecule has 5 heteroatoms. The summed E-state index contributed by atoms with van der Waals surface area (Å²) in [7, 11) is 0. The Morgan fingerprint density at radius 1 is 1.12 bits per heavy atom. The van der Waals surface area contributed by atoms with Crippen molar-refractivity contribution in [2.75, 3.05) is 16.8 Å². The zero-order valence-corrected chi connectivity index (χ0v) is 14.5. The van der Waals surface area contributed by atoms with Crippen LogP contribution in [-0.4, -0.2) is 18.4 Å². The number of anilines is 2. The largest absolute Gasteiger partial charge is 0.322 e. The van der Waals surface area contributed by atoms with E-state index in [1.807, 2.05) is 32.0 Å². The van der Waals surface area contributed by atoms with Crippen LogP contribution in [0.1, 0.15) is 34.3 Å². The van der Waals surface area contributed by atoms with Crippen LogP contribution in [0.15, 0.2) is 36.4 Å². The van der Waals surface area contributed by atoms with Gasteiger partial charge in [0.1, 0.15) is 0 Å². The van der Waals surface area contributed by atoms with Crippen LogP contribution in [-0.2, 0) is 4.79 Å². The van der Waals surface area contributed by atoms with Crippen molar-refractivity contribution in [3.05, 3.63) is 58.1 Å². The number of hydrogen-bond donors (Lipinski definition) is 1. The Labute approximate surface area is 146 Å². The minimum Gasteiger partial charge on any atom is -0.322 e. The summed E-state index contributed by atoms with van der Waals surface area (Å²) in [5.41, 5.74) is 4.12. The molecule has 2 aromatic carbocycles. The number of carbonyl (C=O) groups excluding carboxylic acids is 2. The molecule has 0 spiro atoms. The van der Waals surface area contributed by atoms with Crippen molar-refractivity contribution in [3.63, 3.8) is 0 Å². The van der Waals surface area contributed by atoms with Crippen LogP contribution < -0.4 is 10.2 Å². The smallest absolute Gasteiger partial charge is 0.255 e. The van der Waals surface area contributed by atoms with Gasteiger partial charge in [0, 0.05) is 24.2 Å². The lowest BCUT2D eigenvalue weighted by molar-refractivity contribution is -0.117. The molecule has 1 aliphatic heterocycles. The average molecular weight is 343 g/mol. The summed E-state index contributed by atoms with van der Waals surface area (Å²) in [6, 6.07) is 10.8. The minimum absolute atomic E-state index is 0.0450. The highest BCUT2D eigenvalue weighted by Crippen LogP contribution is 2.30. The molecule has 3 rings (SSSR count). The first kappa shape index (κ1) is 16.5. The van der Waals surface area contributed by atoms with E-state index in [1.54, 1.807) is 23.1 Å². The molecular weight excluding hydrogens is 324 g/mol. The number of hydrogen-bond acceptors (Lipinski definition) is 2. The molecule has 1 heterocycles. The van der Waals surface area contributed by atoms with Gasteiger partial charge in [0.05, 0.1) is 10.7 Å². The van der Waals surface area contributed by atoms with Crippen molar-refractivity contribution in [1.29, 1.82) is 0 Å². The van der Waals surface area contributed by atoms with Crippen molar-refractivity contribution in [2.45, 2.75) is 26.7 Å². The lowest BCUT2D eigenvalue weighted by Gasteiger charge is -2.18. The molecule has 2 amide bonds. The Morgan fingerprint density at radius 3 is 2.58 bits per heavy atom. The number of aryl methyl sites for hydroxylation is 2. The maximum Gasteiger partial charge on any atom is 0.255 e. The van der Waals surface area contributed by atoms with Crippen LogP contribution in [0.5, 0.6) is 0 Å². The Balaban J connectivity index is 1.84. The van der Waals surface area contributed by atoms with Gasteiger partial charge >= 0.3 is 0 Å². The van der Waals surface area contributed by atoms with Crippen LogP contribution in [0, 0.1) is 13.8 Å². The van der Waals surface area contributed by atoms with E-state index in [0.29, 0.717) is 29.2 Å². The van der Waals surface area contributed by atoms with Gasteiger partial charge in [0.15, 0.2) is 0 Å². The van der Waals surface area contributed by atoms with E-state index < -0.39 is 0 Å².